The number of hydrogen-bond acceptors (Lipinski definition) is 4. The highest BCUT2D eigenvalue weighted by atomic mass is 16.5. The summed E-state index contributed by atoms with van der Waals surface area (Å²) in [6, 6.07) is 7.60. The quantitative estimate of drug-likeness (QED) is 0.860. The van der Waals surface area contributed by atoms with Gasteiger partial charge in [-0.25, -0.2) is 0 Å². The number of amides is 1. The summed E-state index contributed by atoms with van der Waals surface area (Å²) in [5.41, 5.74) is 1.44. The molecule has 104 valence electrons. The molecular weight excluding hydrogens is 254 g/mol. The molecular formula is C15H17N3O2. The molecule has 0 saturated carbocycles. The third-order valence-electron chi connectivity index (χ3n) is 3.59. The lowest BCUT2D eigenvalue weighted by atomic mass is 9.95. The number of pyridine rings is 1. The highest BCUT2D eigenvalue weighted by Crippen LogP contribution is 2.27. The molecule has 2 aromatic rings. The summed E-state index contributed by atoms with van der Waals surface area (Å²) in [5.74, 6) is 1.25. The molecule has 0 unspecified atom stereocenters. The predicted molar refractivity (Wildman–Crippen MR) is 73.5 cm³/mol. The lowest BCUT2D eigenvalue weighted by molar-refractivity contribution is 0.0588. The molecule has 2 aromatic heterocycles. The normalized spacial score (nSPS) is 15.4. The Balaban J connectivity index is 1.63. The van der Waals surface area contributed by atoms with Gasteiger partial charge in [-0.05, 0) is 12.1 Å². The van der Waals surface area contributed by atoms with E-state index in [-0.39, 0.29) is 11.8 Å². The smallest absolute Gasteiger partial charge is 0.276 e. The first-order valence-corrected chi connectivity index (χ1v) is 6.82. The van der Waals surface area contributed by atoms with Crippen molar-refractivity contribution in [1.29, 1.82) is 0 Å². The van der Waals surface area contributed by atoms with E-state index in [2.05, 4.69) is 10.1 Å². The van der Waals surface area contributed by atoms with Crippen molar-refractivity contribution in [3.05, 3.63) is 47.6 Å². The van der Waals surface area contributed by atoms with Gasteiger partial charge in [0.25, 0.3) is 5.91 Å². The maximum Gasteiger partial charge on any atom is 0.276 e. The van der Waals surface area contributed by atoms with Crippen molar-refractivity contribution >= 4 is 5.91 Å². The summed E-state index contributed by atoms with van der Waals surface area (Å²) < 4.78 is 5.17. The minimum Gasteiger partial charge on any atom is -0.360 e. The second-order valence-electron chi connectivity index (χ2n) is 5.43. The van der Waals surface area contributed by atoms with Crippen molar-refractivity contribution in [2.75, 3.05) is 13.1 Å². The first kappa shape index (κ1) is 12.8. The number of likely N-dealkylation sites (tertiary alicyclic amines) is 1. The van der Waals surface area contributed by atoms with Gasteiger partial charge in [0.1, 0.15) is 5.76 Å². The third-order valence-corrected chi connectivity index (χ3v) is 3.59. The lowest BCUT2D eigenvalue weighted by Crippen LogP contribution is -2.48. The van der Waals surface area contributed by atoms with Crippen LogP contribution in [0.1, 0.15) is 47.6 Å². The molecule has 0 bridgehead atoms. The van der Waals surface area contributed by atoms with Crippen LogP contribution in [-0.2, 0) is 0 Å². The predicted octanol–water partition coefficient (Wildman–Crippen LogP) is 2.43. The molecule has 20 heavy (non-hydrogen) atoms. The fraction of sp³-hybridized carbons (Fsp3) is 0.400. The summed E-state index contributed by atoms with van der Waals surface area (Å²) >= 11 is 0. The fourth-order valence-electron chi connectivity index (χ4n) is 2.27. The minimum absolute atomic E-state index is 0.0622. The molecule has 1 fully saturated rings. The van der Waals surface area contributed by atoms with Crippen LogP contribution in [0, 0.1) is 0 Å². The Bertz CT molecular complexity index is 601. The number of carbonyl (C=O) groups is 1. The highest BCUT2D eigenvalue weighted by molar-refractivity contribution is 5.93. The van der Waals surface area contributed by atoms with Gasteiger partial charge in [0.05, 0.1) is 0 Å². The van der Waals surface area contributed by atoms with Crippen LogP contribution >= 0.6 is 0 Å². The first-order valence-electron chi connectivity index (χ1n) is 6.82. The van der Waals surface area contributed by atoms with Crippen molar-refractivity contribution in [1.82, 2.24) is 15.0 Å². The first-order chi connectivity index (χ1) is 9.65. The van der Waals surface area contributed by atoms with Crippen molar-refractivity contribution < 1.29 is 9.32 Å². The number of rotatable bonds is 3. The topological polar surface area (TPSA) is 59.2 Å². The molecule has 1 aliphatic heterocycles. The van der Waals surface area contributed by atoms with Gasteiger partial charge in [-0.2, -0.15) is 0 Å². The van der Waals surface area contributed by atoms with Crippen LogP contribution < -0.4 is 0 Å². The van der Waals surface area contributed by atoms with E-state index in [0.717, 1.165) is 11.5 Å². The van der Waals surface area contributed by atoms with E-state index < -0.39 is 0 Å². The summed E-state index contributed by atoms with van der Waals surface area (Å²) in [7, 11) is 0. The summed E-state index contributed by atoms with van der Waals surface area (Å²) in [4.78, 5) is 18.3. The number of nitrogens with zero attached hydrogens (tertiary/aromatic N) is 3. The van der Waals surface area contributed by atoms with E-state index in [0.29, 0.717) is 24.7 Å². The molecule has 1 amide bonds. The van der Waals surface area contributed by atoms with Gasteiger partial charge < -0.3 is 9.42 Å². The van der Waals surface area contributed by atoms with Crippen molar-refractivity contribution in [3.8, 4) is 0 Å². The number of carbonyl (C=O) groups excluding carboxylic acids is 1. The monoisotopic (exact) mass is 271 g/mol. The Hall–Kier alpha value is -2.17. The molecule has 5 heteroatoms. The van der Waals surface area contributed by atoms with Crippen LogP contribution in [0.2, 0.25) is 0 Å². The number of aromatic nitrogens is 2. The Morgan fingerprint density at radius 1 is 1.40 bits per heavy atom. The maximum atomic E-state index is 12.2. The van der Waals surface area contributed by atoms with Gasteiger partial charge in [0.15, 0.2) is 5.69 Å². The van der Waals surface area contributed by atoms with Crippen molar-refractivity contribution in [2.24, 2.45) is 0 Å². The third kappa shape index (κ3) is 2.31. The van der Waals surface area contributed by atoms with E-state index in [4.69, 9.17) is 4.52 Å². The molecule has 0 spiro atoms. The Morgan fingerprint density at radius 3 is 2.80 bits per heavy atom. The van der Waals surface area contributed by atoms with Gasteiger partial charge in [-0.3, -0.25) is 9.78 Å². The van der Waals surface area contributed by atoms with E-state index in [1.54, 1.807) is 17.2 Å². The second kappa shape index (κ2) is 5.07. The summed E-state index contributed by atoms with van der Waals surface area (Å²) in [6.45, 7) is 5.41. The fourth-order valence-corrected chi connectivity index (χ4v) is 2.27. The van der Waals surface area contributed by atoms with Gasteiger partial charge in [0.2, 0.25) is 0 Å². The molecule has 3 heterocycles. The molecule has 0 N–H and O–H groups in total. The van der Waals surface area contributed by atoms with E-state index >= 15 is 0 Å². The van der Waals surface area contributed by atoms with Gasteiger partial charge in [-0.1, -0.05) is 25.1 Å². The summed E-state index contributed by atoms with van der Waals surface area (Å²) in [5, 5.41) is 3.86. The van der Waals surface area contributed by atoms with Crippen LogP contribution in [-0.4, -0.2) is 34.0 Å². The second-order valence-corrected chi connectivity index (χ2v) is 5.43. The standard InChI is InChI=1S/C15H17N3O2/c1-10(2)14-7-13(17-20-14)15(19)18-8-11(9-18)12-5-3-4-6-16-12/h3-7,10-11H,8-9H2,1-2H3. The molecule has 0 radical (unpaired) electrons. The average Bonchev–Trinajstić information content (AvgIpc) is 2.88. The van der Waals surface area contributed by atoms with Crippen LogP contribution in [0.15, 0.2) is 35.0 Å². The molecule has 3 rings (SSSR count). The van der Waals surface area contributed by atoms with Crippen molar-refractivity contribution in [2.45, 2.75) is 25.7 Å². The van der Waals surface area contributed by atoms with Crippen LogP contribution in [0.3, 0.4) is 0 Å². The molecule has 0 aliphatic carbocycles. The average molecular weight is 271 g/mol. The van der Waals surface area contributed by atoms with E-state index in [9.17, 15) is 4.79 Å². The highest BCUT2D eigenvalue weighted by Gasteiger charge is 2.34. The number of hydrogen-bond donors (Lipinski definition) is 0. The van der Waals surface area contributed by atoms with Crippen LogP contribution in [0.4, 0.5) is 0 Å². The molecule has 5 nitrogen and oxygen atoms in total. The van der Waals surface area contributed by atoms with Crippen LogP contribution in [0.25, 0.3) is 0 Å². The van der Waals surface area contributed by atoms with E-state index in [1.165, 1.54) is 0 Å². The minimum atomic E-state index is -0.0622. The maximum absolute atomic E-state index is 12.2. The Kier molecular flexibility index (Phi) is 3.26. The summed E-state index contributed by atoms with van der Waals surface area (Å²) in [6.07, 6.45) is 1.78. The largest absolute Gasteiger partial charge is 0.360 e. The van der Waals surface area contributed by atoms with Gasteiger partial charge >= 0.3 is 0 Å². The van der Waals surface area contributed by atoms with E-state index in [1.807, 2.05) is 32.0 Å². The zero-order chi connectivity index (χ0) is 14.1. The van der Waals surface area contributed by atoms with Gasteiger partial charge in [-0.15, -0.1) is 0 Å². The molecule has 1 saturated heterocycles. The van der Waals surface area contributed by atoms with Gasteiger partial charge in [0, 0.05) is 42.9 Å². The molecule has 0 atom stereocenters. The molecule has 0 aromatic carbocycles. The Labute approximate surface area is 117 Å². The SMILES string of the molecule is CC(C)c1cc(C(=O)N2CC(c3ccccn3)C2)no1. The zero-order valence-electron chi connectivity index (χ0n) is 11.6. The Morgan fingerprint density at radius 2 is 2.20 bits per heavy atom. The zero-order valence-corrected chi connectivity index (χ0v) is 11.6. The molecule has 1 aliphatic rings. The lowest BCUT2D eigenvalue weighted by Gasteiger charge is -2.38. The van der Waals surface area contributed by atoms with Crippen molar-refractivity contribution in [3.63, 3.8) is 0 Å². The van der Waals surface area contributed by atoms with Crippen LogP contribution in [0.5, 0.6) is 0 Å².